The number of nitrogens with zero attached hydrogens (tertiary/aromatic N) is 1. The number of rotatable bonds is 7. The van der Waals surface area contributed by atoms with E-state index in [1.165, 1.54) is 0 Å². The molecule has 0 spiro atoms. The van der Waals surface area contributed by atoms with Gasteiger partial charge in [-0.1, -0.05) is 56.3 Å². The number of amides is 1. The second kappa shape index (κ2) is 8.91. The predicted octanol–water partition coefficient (Wildman–Crippen LogP) is 4.53. The van der Waals surface area contributed by atoms with Crippen LogP contribution in [0.3, 0.4) is 0 Å². The molecule has 0 unspecified atom stereocenters. The minimum absolute atomic E-state index is 0.127. The first-order valence-corrected chi connectivity index (χ1v) is 9.33. The van der Waals surface area contributed by atoms with Crippen LogP contribution in [-0.2, 0) is 12.8 Å². The maximum Gasteiger partial charge on any atom is 0.265 e. The highest BCUT2D eigenvalue weighted by Crippen LogP contribution is 2.33. The van der Waals surface area contributed by atoms with Gasteiger partial charge in [0.25, 0.3) is 5.91 Å². The lowest BCUT2D eigenvalue weighted by molar-refractivity contribution is -0.619. The molecule has 1 amide bonds. The minimum Gasteiger partial charge on any atom is -0.618 e. The molecule has 0 saturated heterocycles. The third-order valence-corrected chi connectivity index (χ3v) is 4.97. The summed E-state index contributed by atoms with van der Waals surface area (Å²) < 4.78 is 6.30. The zero-order chi connectivity index (χ0) is 20.1. The summed E-state index contributed by atoms with van der Waals surface area (Å²) in [5.74, 6) is -0.225. The number of benzene rings is 1. The van der Waals surface area contributed by atoms with Gasteiger partial charge >= 0.3 is 0 Å². The average molecular weight is 389 g/mol. The van der Waals surface area contributed by atoms with E-state index in [9.17, 15) is 10.0 Å². The van der Waals surface area contributed by atoms with E-state index >= 15 is 0 Å². The molecule has 0 saturated carbocycles. The largest absolute Gasteiger partial charge is 0.618 e. The van der Waals surface area contributed by atoms with Crippen LogP contribution in [0.15, 0.2) is 30.9 Å². The van der Waals surface area contributed by atoms with Gasteiger partial charge in [0.15, 0.2) is 16.3 Å². The lowest BCUT2D eigenvalue weighted by atomic mass is 10.0. The topological polar surface area (TPSA) is 65.3 Å². The van der Waals surface area contributed by atoms with Crippen molar-refractivity contribution in [3.8, 4) is 5.75 Å². The Balaban J connectivity index is 2.58. The van der Waals surface area contributed by atoms with Crippen LogP contribution in [0.5, 0.6) is 5.75 Å². The summed E-state index contributed by atoms with van der Waals surface area (Å²) in [5.41, 5.74) is 3.49. The smallest absolute Gasteiger partial charge is 0.265 e. The number of ether oxygens (including phenoxy) is 1. The van der Waals surface area contributed by atoms with Gasteiger partial charge in [-0.15, -0.1) is 0 Å². The molecule has 1 N–H and O–H groups in total. The van der Waals surface area contributed by atoms with E-state index < -0.39 is 5.91 Å². The van der Waals surface area contributed by atoms with Gasteiger partial charge in [0.05, 0.1) is 0 Å². The van der Waals surface area contributed by atoms with Gasteiger partial charge in [-0.05, 0) is 24.0 Å². The van der Waals surface area contributed by atoms with Crippen molar-refractivity contribution >= 4 is 23.2 Å². The Kier molecular flexibility index (Phi) is 6.86. The van der Waals surface area contributed by atoms with E-state index in [1.54, 1.807) is 19.9 Å². The van der Waals surface area contributed by atoms with E-state index in [0.717, 1.165) is 29.7 Å². The highest BCUT2D eigenvalue weighted by atomic mass is 35.5. The van der Waals surface area contributed by atoms with Gasteiger partial charge < -0.3 is 15.3 Å². The summed E-state index contributed by atoms with van der Waals surface area (Å²) in [6.07, 6.45) is 3.11. The van der Waals surface area contributed by atoms with Crippen LogP contribution in [0, 0.1) is 19.1 Å². The molecule has 0 aliphatic carbocycles. The number of carbonyl (C=O) groups excluding carboxylic acids is 1. The van der Waals surface area contributed by atoms with Crippen LogP contribution in [0.4, 0.5) is 5.69 Å². The van der Waals surface area contributed by atoms with Gasteiger partial charge in [-0.3, -0.25) is 4.79 Å². The Morgan fingerprint density at radius 1 is 1.26 bits per heavy atom. The summed E-state index contributed by atoms with van der Waals surface area (Å²) in [6, 6.07) is 5.94. The first kappa shape index (κ1) is 20.8. The lowest BCUT2D eigenvalue weighted by Gasteiger charge is -2.18. The van der Waals surface area contributed by atoms with Crippen molar-refractivity contribution in [3.05, 3.63) is 69.2 Å². The number of aromatic nitrogens is 1. The van der Waals surface area contributed by atoms with Crippen molar-refractivity contribution in [2.24, 2.45) is 0 Å². The molecule has 0 aliphatic heterocycles. The lowest BCUT2D eigenvalue weighted by Crippen LogP contribution is -2.37. The summed E-state index contributed by atoms with van der Waals surface area (Å²) >= 11 is 6.32. The zero-order valence-corrected chi connectivity index (χ0v) is 16.9. The molecule has 1 aromatic carbocycles. The van der Waals surface area contributed by atoms with Crippen LogP contribution in [0.2, 0.25) is 5.02 Å². The Morgan fingerprint density at radius 2 is 1.85 bits per heavy atom. The molecule has 2 rings (SSSR count). The predicted molar refractivity (Wildman–Crippen MR) is 109 cm³/mol. The number of carbonyl (C=O) groups is 1. The average Bonchev–Trinajstić information content (AvgIpc) is 2.67. The monoisotopic (exact) mass is 388 g/mol. The number of halogens is 1. The number of hydrogen-bond donors (Lipinski definition) is 1. The van der Waals surface area contributed by atoms with Crippen LogP contribution < -0.4 is 14.8 Å². The summed E-state index contributed by atoms with van der Waals surface area (Å²) in [5, 5.41) is 15.5. The van der Waals surface area contributed by atoms with Crippen molar-refractivity contribution in [3.63, 3.8) is 0 Å². The Bertz CT molecular complexity index is 856. The molecule has 1 heterocycles. The van der Waals surface area contributed by atoms with Gasteiger partial charge in [0.1, 0.15) is 6.61 Å². The molecule has 0 bridgehead atoms. The molecule has 0 atom stereocenters. The highest BCUT2D eigenvalue weighted by Gasteiger charge is 2.29. The Hall–Kier alpha value is -2.53. The molecule has 1 aromatic heterocycles. The molecule has 27 heavy (non-hydrogen) atoms. The number of anilines is 1. The van der Waals surface area contributed by atoms with Crippen molar-refractivity contribution in [1.29, 1.82) is 0 Å². The first-order chi connectivity index (χ1) is 12.9. The molecule has 2 aromatic rings. The molecular weight excluding hydrogens is 364 g/mol. The third kappa shape index (κ3) is 4.08. The number of hydrogen-bond acceptors (Lipinski definition) is 3. The second-order valence-electron chi connectivity index (χ2n) is 6.20. The van der Waals surface area contributed by atoms with Gasteiger partial charge in [0.2, 0.25) is 11.4 Å². The van der Waals surface area contributed by atoms with Crippen molar-refractivity contribution in [1.82, 2.24) is 0 Å². The number of pyridine rings is 1. The molecule has 144 valence electrons. The summed E-state index contributed by atoms with van der Waals surface area (Å²) in [7, 11) is 0. The van der Waals surface area contributed by atoms with E-state index in [2.05, 4.69) is 11.9 Å². The van der Waals surface area contributed by atoms with E-state index in [-0.39, 0.29) is 34.3 Å². The van der Waals surface area contributed by atoms with Crippen LogP contribution in [0.25, 0.3) is 0 Å². The second-order valence-corrected chi connectivity index (χ2v) is 6.57. The Labute approximate surface area is 165 Å². The summed E-state index contributed by atoms with van der Waals surface area (Å²) in [4.78, 5) is 13.1. The molecule has 0 fully saturated rings. The molecule has 6 heteroatoms. The van der Waals surface area contributed by atoms with E-state index in [4.69, 9.17) is 16.3 Å². The SMILES string of the molecule is C=CCOc1c(Cl)c(C)[n+]([O-])c(C)c1C(=O)Nc1c(CC)cccc1CC. The molecule has 0 radical (unpaired) electrons. The normalized spacial score (nSPS) is 10.6. The maximum absolute atomic E-state index is 13.1. The minimum atomic E-state index is -0.423. The standard InChI is InChI=1S/C21H25ClN2O3/c1-6-12-27-20-17(13(4)24(26)14(5)18(20)22)21(25)23-19-15(7-2)10-9-11-16(19)8-3/h6,9-11H,1,7-8,12H2,2-5H3,(H,23,25). The van der Waals surface area contributed by atoms with E-state index in [0.29, 0.717) is 4.73 Å². The number of aryl methyl sites for hydroxylation is 2. The fraction of sp³-hybridized carbons (Fsp3) is 0.333. The van der Waals surface area contributed by atoms with Crippen LogP contribution in [-0.4, -0.2) is 12.5 Å². The quantitative estimate of drug-likeness (QED) is 0.430. The van der Waals surface area contributed by atoms with Crippen molar-refractivity contribution in [2.45, 2.75) is 40.5 Å². The fourth-order valence-corrected chi connectivity index (χ4v) is 3.23. The highest BCUT2D eigenvalue weighted by molar-refractivity contribution is 6.33. The third-order valence-electron chi connectivity index (χ3n) is 4.53. The van der Waals surface area contributed by atoms with Crippen molar-refractivity contribution < 1.29 is 14.3 Å². The van der Waals surface area contributed by atoms with E-state index in [1.807, 2.05) is 32.0 Å². The van der Waals surface area contributed by atoms with Gasteiger partial charge in [-0.25, -0.2) is 0 Å². The molecule has 5 nitrogen and oxygen atoms in total. The zero-order valence-electron chi connectivity index (χ0n) is 16.2. The van der Waals surface area contributed by atoms with Crippen LogP contribution >= 0.6 is 11.6 Å². The van der Waals surface area contributed by atoms with Crippen molar-refractivity contribution in [2.75, 3.05) is 11.9 Å². The fourth-order valence-electron chi connectivity index (χ4n) is 3.00. The summed E-state index contributed by atoms with van der Waals surface area (Å²) in [6.45, 7) is 11.0. The molecular formula is C21H25ClN2O3. The number of para-hydroxylation sites is 1. The molecule has 0 aliphatic rings. The Morgan fingerprint density at radius 3 is 2.37 bits per heavy atom. The van der Waals surface area contributed by atoms with Crippen LogP contribution in [0.1, 0.15) is 46.7 Å². The first-order valence-electron chi connectivity index (χ1n) is 8.95. The van der Waals surface area contributed by atoms with Gasteiger partial charge in [-0.2, -0.15) is 4.73 Å². The number of nitrogens with one attached hydrogen (secondary N) is 1. The van der Waals surface area contributed by atoms with Gasteiger partial charge in [0, 0.05) is 19.5 Å². The maximum atomic E-state index is 13.1.